The van der Waals surface area contributed by atoms with Crippen LogP contribution >= 0.6 is 0 Å². The third-order valence-electron chi connectivity index (χ3n) is 4.03. The van der Waals surface area contributed by atoms with E-state index in [1.807, 2.05) is 18.2 Å². The van der Waals surface area contributed by atoms with Gasteiger partial charge in [-0.25, -0.2) is 4.98 Å². The highest BCUT2D eigenvalue weighted by Crippen LogP contribution is 2.16. The number of aliphatic hydroxyl groups is 1. The number of β-amino-alcohol motifs (C(OH)–C–C–N with tert-alkyl or cyclic N) is 1. The molecule has 4 N–H and O–H groups in total. The summed E-state index contributed by atoms with van der Waals surface area (Å²) in [6.45, 7) is 6.01. The average Bonchev–Trinajstić information content (AvgIpc) is 2.72. The van der Waals surface area contributed by atoms with E-state index in [-0.39, 0.29) is 6.61 Å². The first-order valence-electron chi connectivity index (χ1n) is 7.54. The van der Waals surface area contributed by atoms with Crippen molar-refractivity contribution in [3.63, 3.8) is 0 Å². The fourth-order valence-electron chi connectivity index (χ4n) is 2.91. The van der Waals surface area contributed by atoms with Gasteiger partial charge in [-0.1, -0.05) is 0 Å². The summed E-state index contributed by atoms with van der Waals surface area (Å²) in [6, 6.07) is 5.76. The molecule has 21 heavy (non-hydrogen) atoms. The van der Waals surface area contributed by atoms with Crippen LogP contribution in [0.25, 0.3) is 11.0 Å². The number of imidazole rings is 1. The number of nitrogens with two attached hydrogens (primary N) is 1. The molecule has 0 saturated carbocycles. The second-order valence-electron chi connectivity index (χ2n) is 5.66. The van der Waals surface area contributed by atoms with Gasteiger partial charge < -0.3 is 15.8 Å². The molecule has 6 nitrogen and oxygen atoms in total. The molecule has 1 aliphatic rings. The number of nitrogen functional groups attached to an aromatic ring is 1. The second-order valence-corrected chi connectivity index (χ2v) is 5.66. The Morgan fingerprint density at radius 3 is 2.86 bits per heavy atom. The Labute approximate surface area is 124 Å². The smallest absolute Gasteiger partial charge is 0.121 e. The molecule has 0 unspecified atom stereocenters. The fourth-order valence-corrected chi connectivity index (χ4v) is 2.91. The number of nitrogens with one attached hydrogen (secondary N) is 1. The maximum Gasteiger partial charge on any atom is 0.121 e. The van der Waals surface area contributed by atoms with E-state index < -0.39 is 0 Å². The summed E-state index contributed by atoms with van der Waals surface area (Å²) in [5.74, 6) is 0.992. The van der Waals surface area contributed by atoms with Gasteiger partial charge in [-0.15, -0.1) is 0 Å². The molecule has 114 valence electrons. The molecule has 0 aliphatic carbocycles. The summed E-state index contributed by atoms with van der Waals surface area (Å²) >= 11 is 0. The molecule has 1 aromatic heterocycles. The molecule has 2 aromatic rings. The third kappa shape index (κ3) is 3.53. The molecular formula is C15H23N5O. The number of hydrogen-bond donors (Lipinski definition) is 3. The Morgan fingerprint density at radius 1 is 1.19 bits per heavy atom. The van der Waals surface area contributed by atoms with Crippen LogP contribution in [-0.2, 0) is 6.54 Å². The number of rotatable bonds is 4. The average molecular weight is 289 g/mol. The predicted molar refractivity (Wildman–Crippen MR) is 83.9 cm³/mol. The van der Waals surface area contributed by atoms with Crippen LogP contribution in [0.2, 0.25) is 0 Å². The summed E-state index contributed by atoms with van der Waals surface area (Å²) in [7, 11) is 0. The van der Waals surface area contributed by atoms with Crippen molar-refractivity contribution in [3.8, 4) is 0 Å². The number of benzene rings is 1. The van der Waals surface area contributed by atoms with Gasteiger partial charge in [-0.05, 0) is 37.7 Å². The number of H-pyrrole nitrogens is 1. The number of nitrogens with zero attached hydrogens (tertiary/aromatic N) is 3. The Balaban J connectivity index is 1.64. The minimum Gasteiger partial charge on any atom is -0.399 e. The summed E-state index contributed by atoms with van der Waals surface area (Å²) in [6.07, 6.45) is 1.13. The number of hydrogen-bond acceptors (Lipinski definition) is 5. The SMILES string of the molecule is Nc1ccc2nc(CN3CCCN(CCO)CC3)[nH]c2c1. The van der Waals surface area contributed by atoms with Gasteiger partial charge in [0.05, 0.1) is 24.2 Å². The number of fused-ring (bicyclic) bond motifs is 1. The lowest BCUT2D eigenvalue weighted by Gasteiger charge is -2.20. The molecule has 0 amide bonds. The Kier molecular flexibility index (Phi) is 4.38. The van der Waals surface area contributed by atoms with E-state index in [4.69, 9.17) is 10.8 Å². The van der Waals surface area contributed by atoms with Crippen LogP contribution in [0.1, 0.15) is 12.2 Å². The number of anilines is 1. The van der Waals surface area contributed by atoms with Crippen molar-refractivity contribution < 1.29 is 5.11 Å². The molecule has 0 radical (unpaired) electrons. The summed E-state index contributed by atoms with van der Waals surface area (Å²) < 4.78 is 0. The van der Waals surface area contributed by atoms with Gasteiger partial charge in [0.2, 0.25) is 0 Å². The van der Waals surface area contributed by atoms with Crippen molar-refractivity contribution in [2.24, 2.45) is 0 Å². The highest BCUT2D eigenvalue weighted by atomic mass is 16.3. The first kappa shape index (κ1) is 14.3. The van der Waals surface area contributed by atoms with Crippen LogP contribution in [0, 0.1) is 0 Å². The van der Waals surface area contributed by atoms with E-state index in [1.165, 1.54) is 0 Å². The van der Waals surface area contributed by atoms with E-state index in [2.05, 4.69) is 19.8 Å². The topological polar surface area (TPSA) is 81.4 Å². The van der Waals surface area contributed by atoms with Crippen molar-refractivity contribution in [2.75, 3.05) is 45.1 Å². The number of aromatic amines is 1. The molecule has 0 atom stereocenters. The van der Waals surface area contributed by atoms with Crippen molar-refractivity contribution in [2.45, 2.75) is 13.0 Å². The Hall–Kier alpha value is -1.63. The first-order valence-corrected chi connectivity index (χ1v) is 7.54. The first-order chi connectivity index (χ1) is 10.2. The van der Waals surface area contributed by atoms with Crippen LogP contribution < -0.4 is 5.73 Å². The van der Waals surface area contributed by atoms with Gasteiger partial charge in [0.25, 0.3) is 0 Å². The third-order valence-corrected chi connectivity index (χ3v) is 4.03. The fraction of sp³-hybridized carbons (Fsp3) is 0.533. The monoisotopic (exact) mass is 289 g/mol. The van der Waals surface area contributed by atoms with Crippen LogP contribution in [0.3, 0.4) is 0 Å². The standard InChI is InChI=1S/C15H23N5O/c16-12-2-3-13-14(10-12)18-15(17-13)11-20-5-1-4-19(6-7-20)8-9-21/h2-3,10,21H,1,4-9,11,16H2,(H,17,18). The van der Waals surface area contributed by atoms with Gasteiger partial charge >= 0.3 is 0 Å². The highest BCUT2D eigenvalue weighted by molar-refractivity contribution is 5.78. The zero-order chi connectivity index (χ0) is 14.7. The molecule has 6 heteroatoms. The lowest BCUT2D eigenvalue weighted by Crippen LogP contribution is -2.32. The van der Waals surface area contributed by atoms with E-state index in [0.717, 1.165) is 68.2 Å². The molecule has 3 rings (SSSR count). The molecule has 1 fully saturated rings. The molecule has 1 saturated heterocycles. The lowest BCUT2D eigenvalue weighted by atomic mass is 10.3. The van der Waals surface area contributed by atoms with Crippen molar-refractivity contribution in [1.29, 1.82) is 0 Å². The van der Waals surface area contributed by atoms with E-state index >= 15 is 0 Å². The Bertz CT molecular complexity index is 597. The van der Waals surface area contributed by atoms with E-state index in [1.54, 1.807) is 0 Å². The number of aliphatic hydroxyl groups excluding tert-OH is 1. The zero-order valence-corrected chi connectivity index (χ0v) is 12.3. The maximum absolute atomic E-state index is 9.03. The van der Waals surface area contributed by atoms with E-state index in [9.17, 15) is 0 Å². The van der Waals surface area contributed by atoms with Crippen LogP contribution in [0.4, 0.5) is 5.69 Å². The normalized spacial score (nSPS) is 18.1. The van der Waals surface area contributed by atoms with Gasteiger partial charge in [0.1, 0.15) is 5.82 Å². The minimum atomic E-state index is 0.241. The molecule has 2 heterocycles. The molecular weight excluding hydrogens is 266 g/mol. The largest absolute Gasteiger partial charge is 0.399 e. The Morgan fingerprint density at radius 2 is 2.00 bits per heavy atom. The summed E-state index contributed by atoms with van der Waals surface area (Å²) in [5.41, 5.74) is 8.52. The van der Waals surface area contributed by atoms with E-state index in [0.29, 0.717) is 0 Å². The molecule has 0 spiro atoms. The maximum atomic E-state index is 9.03. The summed E-state index contributed by atoms with van der Waals surface area (Å²) in [5, 5.41) is 9.03. The predicted octanol–water partition coefficient (Wildman–Crippen LogP) is 0.645. The number of aromatic nitrogens is 2. The van der Waals surface area contributed by atoms with Gasteiger partial charge in [0, 0.05) is 25.3 Å². The van der Waals surface area contributed by atoms with Gasteiger partial charge in [-0.2, -0.15) is 0 Å². The van der Waals surface area contributed by atoms with Gasteiger partial charge in [0.15, 0.2) is 0 Å². The van der Waals surface area contributed by atoms with Crippen LogP contribution in [0.5, 0.6) is 0 Å². The van der Waals surface area contributed by atoms with Crippen LogP contribution in [-0.4, -0.2) is 64.2 Å². The van der Waals surface area contributed by atoms with Crippen molar-refractivity contribution in [3.05, 3.63) is 24.0 Å². The van der Waals surface area contributed by atoms with Crippen LogP contribution in [0.15, 0.2) is 18.2 Å². The van der Waals surface area contributed by atoms with Gasteiger partial charge in [-0.3, -0.25) is 9.80 Å². The lowest BCUT2D eigenvalue weighted by molar-refractivity contribution is 0.195. The molecule has 1 aliphatic heterocycles. The quantitative estimate of drug-likeness (QED) is 0.720. The molecule has 1 aromatic carbocycles. The summed E-state index contributed by atoms with van der Waals surface area (Å²) in [4.78, 5) is 12.7. The second kappa shape index (κ2) is 6.43. The zero-order valence-electron chi connectivity index (χ0n) is 12.3. The molecule has 0 bridgehead atoms. The highest BCUT2D eigenvalue weighted by Gasteiger charge is 2.15. The van der Waals surface area contributed by atoms with Crippen molar-refractivity contribution in [1.82, 2.24) is 19.8 Å². The van der Waals surface area contributed by atoms with Crippen molar-refractivity contribution >= 4 is 16.7 Å². The minimum absolute atomic E-state index is 0.241.